The van der Waals surface area contributed by atoms with E-state index in [2.05, 4.69) is 10.1 Å². The fourth-order valence-corrected chi connectivity index (χ4v) is 2.80. The maximum atomic E-state index is 13.1. The third-order valence-electron chi connectivity index (χ3n) is 3.85. The number of nitrogens with zero attached hydrogens (tertiary/aromatic N) is 2. The van der Waals surface area contributed by atoms with Crippen LogP contribution in [0.15, 0.2) is 22.7 Å². The number of likely N-dealkylation sites (tertiary alicyclic amines) is 1. The van der Waals surface area contributed by atoms with Crippen molar-refractivity contribution in [2.75, 3.05) is 26.2 Å². The van der Waals surface area contributed by atoms with Crippen molar-refractivity contribution in [3.05, 3.63) is 29.7 Å². The summed E-state index contributed by atoms with van der Waals surface area (Å²) in [6.07, 6.45) is 2.00. The highest BCUT2D eigenvalue weighted by Crippen LogP contribution is 2.32. The van der Waals surface area contributed by atoms with E-state index in [1.54, 1.807) is 6.07 Å². The number of aliphatic hydroxyl groups is 1. The monoisotopic (exact) mass is 264 g/mol. The van der Waals surface area contributed by atoms with Crippen LogP contribution in [-0.4, -0.2) is 41.4 Å². The van der Waals surface area contributed by atoms with Gasteiger partial charge in [0.2, 0.25) is 0 Å². The summed E-state index contributed by atoms with van der Waals surface area (Å²) >= 11 is 0. The van der Waals surface area contributed by atoms with Crippen LogP contribution in [0.4, 0.5) is 4.39 Å². The zero-order valence-electron chi connectivity index (χ0n) is 10.7. The number of β-amino-alcohol motifs (C(OH)–C–C–N with tert-alkyl or cyclic N) is 1. The molecule has 19 heavy (non-hydrogen) atoms. The van der Waals surface area contributed by atoms with Crippen molar-refractivity contribution in [1.82, 2.24) is 10.1 Å². The summed E-state index contributed by atoms with van der Waals surface area (Å²) < 4.78 is 18.3. The summed E-state index contributed by atoms with van der Waals surface area (Å²) in [6, 6.07) is 4.58. The van der Waals surface area contributed by atoms with E-state index in [1.165, 1.54) is 12.1 Å². The Morgan fingerprint density at radius 2 is 2.16 bits per heavy atom. The quantitative estimate of drug-likeness (QED) is 0.922. The van der Waals surface area contributed by atoms with Crippen LogP contribution in [0.5, 0.6) is 0 Å². The van der Waals surface area contributed by atoms with Crippen LogP contribution in [0.3, 0.4) is 0 Å². The van der Waals surface area contributed by atoms with Gasteiger partial charge in [0.05, 0.1) is 12.3 Å². The van der Waals surface area contributed by atoms with Gasteiger partial charge in [0, 0.05) is 23.9 Å². The van der Waals surface area contributed by atoms with Gasteiger partial charge in [-0.25, -0.2) is 4.39 Å². The molecule has 102 valence electrons. The zero-order chi connectivity index (χ0) is 13.2. The third kappa shape index (κ3) is 2.48. The number of benzene rings is 1. The first-order chi connectivity index (χ1) is 9.28. The first-order valence-electron chi connectivity index (χ1n) is 6.66. The largest absolute Gasteiger partial charge is 0.395 e. The highest BCUT2D eigenvalue weighted by atomic mass is 19.1. The average Bonchev–Trinajstić information content (AvgIpc) is 2.83. The number of aliphatic hydroxyl groups excluding tert-OH is 1. The molecule has 2 heterocycles. The summed E-state index contributed by atoms with van der Waals surface area (Å²) in [5.74, 6) is 0.0645. The Hall–Kier alpha value is -1.46. The lowest BCUT2D eigenvalue weighted by atomic mass is 9.91. The number of aromatic nitrogens is 1. The SMILES string of the molecule is OCCN1CCC(c2noc3cc(F)ccc23)CC1. The van der Waals surface area contributed by atoms with Gasteiger partial charge in [0.15, 0.2) is 5.58 Å². The predicted molar refractivity (Wildman–Crippen MR) is 69.5 cm³/mol. The third-order valence-corrected chi connectivity index (χ3v) is 3.85. The van der Waals surface area contributed by atoms with Crippen molar-refractivity contribution in [1.29, 1.82) is 0 Å². The summed E-state index contributed by atoms with van der Waals surface area (Å²) in [6.45, 7) is 2.86. The first-order valence-corrected chi connectivity index (χ1v) is 6.66. The van der Waals surface area contributed by atoms with Crippen molar-refractivity contribution in [3.8, 4) is 0 Å². The Morgan fingerprint density at radius 3 is 2.89 bits per heavy atom. The van der Waals surface area contributed by atoms with Crippen LogP contribution in [0, 0.1) is 5.82 Å². The fourth-order valence-electron chi connectivity index (χ4n) is 2.80. The Kier molecular flexibility index (Phi) is 3.48. The molecule has 0 saturated carbocycles. The number of rotatable bonds is 3. The molecular formula is C14H17FN2O2. The topological polar surface area (TPSA) is 49.5 Å². The minimum absolute atomic E-state index is 0.205. The minimum atomic E-state index is -0.298. The van der Waals surface area contributed by atoms with E-state index < -0.39 is 0 Å². The van der Waals surface area contributed by atoms with E-state index >= 15 is 0 Å². The summed E-state index contributed by atoms with van der Waals surface area (Å²) in [5, 5.41) is 14.0. The lowest BCUT2D eigenvalue weighted by molar-refractivity contribution is 0.163. The number of fused-ring (bicyclic) bond motifs is 1. The van der Waals surface area contributed by atoms with Crippen molar-refractivity contribution in [3.63, 3.8) is 0 Å². The highest BCUT2D eigenvalue weighted by molar-refractivity contribution is 5.79. The average molecular weight is 264 g/mol. The summed E-state index contributed by atoms with van der Waals surface area (Å²) in [5.41, 5.74) is 1.46. The molecule has 0 amide bonds. The Labute approximate surface area is 110 Å². The van der Waals surface area contributed by atoms with Gasteiger partial charge in [-0.15, -0.1) is 0 Å². The molecule has 1 fully saturated rings. The molecule has 1 aromatic heterocycles. The predicted octanol–water partition coefficient (Wildman–Crippen LogP) is 2.14. The van der Waals surface area contributed by atoms with Gasteiger partial charge in [-0.3, -0.25) is 0 Å². The second-order valence-corrected chi connectivity index (χ2v) is 5.05. The highest BCUT2D eigenvalue weighted by Gasteiger charge is 2.24. The second-order valence-electron chi connectivity index (χ2n) is 5.05. The molecule has 0 radical (unpaired) electrons. The maximum absolute atomic E-state index is 13.1. The molecule has 0 aliphatic carbocycles. The van der Waals surface area contributed by atoms with E-state index in [4.69, 9.17) is 9.63 Å². The van der Waals surface area contributed by atoms with E-state index in [9.17, 15) is 4.39 Å². The number of hydrogen-bond acceptors (Lipinski definition) is 4. The van der Waals surface area contributed by atoms with Crippen molar-refractivity contribution in [2.24, 2.45) is 0 Å². The van der Waals surface area contributed by atoms with E-state index in [0.717, 1.165) is 43.6 Å². The maximum Gasteiger partial charge on any atom is 0.170 e. The van der Waals surface area contributed by atoms with E-state index in [1.807, 2.05) is 0 Å². The molecular weight excluding hydrogens is 247 g/mol. The Morgan fingerprint density at radius 1 is 1.37 bits per heavy atom. The molecule has 0 atom stereocenters. The number of halogens is 1. The molecule has 1 saturated heterocycles. The molecule has 5 heteroatoms. The molecule has 0 unspecified atom stereocenters. The van der Waals surface area contributed by atoms with Crippen LogP contribution in [0.1, 0.15) is 24.5 Å². The molecule has 1 aliphatic rings. The second kappa shape index (κ2) is 5.27. The molecule has 1 aromatic carbocycles. The lowest BCUT2D eigenvalue weighted by Gasteiger charge is -2.30. The van der Waals surface area contributed by atoms with Crippen LogP contribution in [0.2, 0.25) is 0 Å². The van der Waals surface area contributed by atoms with Crippen molar-refractivity contribution < 1.29 is 14.0 Å². The van der Waals surface area contributed by atoms with Gasteiger partial charge in [-0.1, -0.05) is 5.16 Å². The van der Waals surface area contributed by atoms with Gasteiger partial charge in [-0.2, -0.15) is 0 Å². The van der Waals surface area contributed by atoms with Crippen LogP contribution >= 0.6 is 0 Å². The van der Waals surface area contributed by atoms with E-state index in [0.29, 0.717) is 11.5 Å². The Balaban J connectivity index is 1.78. The normalized spacial score (nSPS) is 18.2. The summed E-state index contributed by atoms with van der Waals surface area (Å²) in [7, 11) is 0. The lowest BCUT2D eigenvalue weighted by Crippen LogP contribution is -2.35. The molecule has 0 bridgehead atoms. The van der Waals surface area contributed by atoms with Gasteiger partial charge in [0.1, 0.15) is 5.82 Å². The number of piperidine rings is 1. The van der Waals surface area contributed by atoms with Gasteiger partial charge >= 0.3 is 0 Å². The van der Waals surface area contributed by atoms with Gasteiger partial charge in [-0.05, 0) is 38.1 Å². The molecule has 3 rings (SSSR count). The fraction of sp³-hybridized carbons (Fsp3) is 0.500. The van der Waals surface area contributed by atoms with Gasteiger partial charge < -0.3 is 14.5 Å². The van der Waals surface area contributed by atoms with Crippen molar-refractivity contribution >= 4 is 11.0 Å². The zero-order valence-corrected chi connectivity index (χ0v) is 10.7. The smallest absolute Gasteiger partial charge is 0.170 e. The minimum Gasteiger partial charge on any atom is -0.395 e. The van der Waals surface area contributed by atoms with Crippen LogP contribution < -0.4 is 0 Å². The van der Waals surface area contributed by atoms with E-state index in [-0.39, 0.29) is 12.4 Å². The van der Waals surface area contributed by atoms with Gasteiger partial charge in [0.25, 0.3) is 0 Å². The molecule has 4 nitrogen and oxygen atoms in total. The standard InChI is InChI=1S/C14H17FN2O2/c15-11-1-2-12-13(9-11)19-16-14(12)10-3-5-17(6-4-10)7-8-18/h1-2,9-10,18H,3-8H2. The van der Waals surface area contributed by atoms with Crippen LogP contribution in [0.25, 0.3) is 11.0 Å². The Bertz CT molecular complexity index is 562. The molecule has 2 aromatic rings. The van der Waals surface area contributed by atoms with Crippen molar-refractivity contribution in [2.45, 2.75) is 18.8 Å². The molecule has 1 N–H and O–H groups in total. The molecule has 0 spiro atoms. The first kappa shape index (κ1) is 12.6. The molecule has 1 aliphatic heterocycles. The summed E-state index contributed by atoms with van der Waals surface area (Å²) in [4.78, 5) is 2.25. The van der Waals surface area contributed by atoms with Crippen LogP contribution in [-0.2, 0) is 0 Å². The number of hydrogen-bond donors (Lipinski definition) is 1.